The molecule has 4 N–H and O–H groups in total. The smallest absolute Gasteiger partial charge is 0.326 e. The number of carboxylic acid groups (broad SMARTS) is 1. The Labute approximate surface area is 304 Å². The molecular weight excluding hydrogens is 654 g/mol. The van der Waals surface area contributed by atoms with Gasteiger partial charge in [-0.05, 0) is 58.2 Å². The molecular formula is C38H63N5O8. The molecule has 2 rings (SSSR count). The van der Waals surface area contributed by atoms with E-state index in [1.807, 2.05) is 63.1 Å². The van der Waals surface area contributed by atoms with Crippen LogP contribution in [0, 0.1) is 17.8 Å². The van der Waals surface area contributed by atoms with Crippen LogP contribution < -0.4 is 16.0 Å². The molecule has 0 unspecified atom stereocenters. The first-order chi connectivity index (χ1) is 23.9. The summed E-state index contributed by atoms with van der Waals surface area (Å²) in [5.41, 5.74) is -0.160. The molecule has 4 amide bonds. The summed E-state index contributed by atoms with van der Waals surface area (Å²) in [6.07, 6.45) is 0.988. The number of likely N-dealkylation sites (N-methyl/N-ethyl adjacent to an activating group) is 2. The molecule has 0 radical (unpaired) electrons. The molecule has 13 nitrogen and oxygen atoms in total. The molecule has 1 aliphatic rings. The summed E-state index contributed by atoms with van der Waals surface area (Å²) in [5, 5.41) is 18.0. The SMILES string of the molecule is CC[C@H](C)[C@@H]([C@@H](CC(=O)N1CCC[C@H]1[C@H](OC)[C@@H](C)C(=O)N[C@@H](Cc1ccccc1)C(=O)O)OC)N(C)[C@H](C(=O)NC(=O)C(C)(C)NC)C(C)C. The van der Waals surface area contributed by atoms with Gasteiger partial charge in [-0.1, -0.05) is 71.4 Å². The predicted octanol–water partition coefficient (Wildman–Crippen LogP) is 2.86. The zero-order valence-corrected chi connectivity index (χ0v) is 32.5. The van der Waals surface area contributed by atoms with Crippen LogP contribution in [0.25, 0.3) is 0 Å². The molecule has 288 valence electrons. The molecule has 1 aromatic carbocycles. The number of hydrogen-bond donors (Lipinski definition) is 4. The van der Waals surface area contributed by atoms with Crippen molar-refractivity contribution in [2.45, 2.75) is 122 Å². The van der Waals surface area contributed by atoms with Crippen LogP contribution in [0.2, 0.25) is 0 Å². The third kappa shape index (κ3) is 11.6. The van der Waals surface area contributed by atoms with Gasteiger partial charge in [0.2, 0.25) is 23.6 Å². The zero-order chi connectivity index (χ0) is 38.6. The molecule has 1 aliphatic heterocycles. The van der Waals surface area contributed by atoms with Gasteiger partial charge in [0.15, 0.2) is 0 Å². The Morgan fingerprint density at radius 1 is 1.02 bits per heavy atom. The van der Waals surface area contributed by atoms with Gasteiger partial charge in [-0.3, -0.25) is 29.4 Å². The normalized spacial score (nSPS) is 19.2. The van der Waals surface area contributed by atoms with E-state index in [0.29, 0.717) is 13.0 Å². The van der Waals surface area contributed by atoms with Gasteiger partial charge in [-0.15, -0.1) is 0 Å². The Bertz CT molecular complexity index is 1310. The van der Waals surface area contributed by atoms with E-state index >= 15 is 0 Å². The molecule has 1 fully saturated rings. The lowest BCUT2D eigenvalue weighted by Crippen LogP contribution is -2.61. The lowest BCUT2D eigenvalue weighted by atomic mass is 9.87. The Kier molecular flexibility index (Phi) is 17.2. The Balaban J connectivity index is 2.28. The molecule has 0 aliphatic carbocycles. The van der Waals surface area contributed by atoms with E-state index < -0.39 is 65.5 Å². The highest BCUT2D eigenvalue weighted by Crippen LogP contribution is 2.30. The number of aliphatic carboxylic acids is 1. The monoisotopic (exact) mass is 717 g/mol. The number of amides is 4. The van der Waals surface area contributed by atoms with Crippen LogP contribution in [0.1, 0.15) is 79.7 Å². The van der Waals surface area contributed by atoms with E-state index in [9.17, 15) is 29.1 Å². The second-order valence-electron chi connectivity index (χ2n) is 14.8. The van der Waals surface area contributed by atoms with Crippen molar-refractivity contribution in [1.29, 1.82) is 0 Å². The molecule has 1 heterocycles. The molecule has 51 heavy (non-hydrogen) atoms. The highest BCUT2D eigenvalue weighted by Gasteiger charge is 2.44. The predicted molar refractivity (Wildman–Crippen MR) is 196 cm³/mol. The third-order valence-electron chi connectivity index (χ3n) is 10.6. The fourth-order valence-corrected chi connectivity index (χ4v) is 7.14. The quantitative estimate of drug-likeness (QED) is 0.158. The Morgan fingerprint density at radius 2 is 1.65 bits per heavy atom. The minimum atomic E-state index is -1.14. The summed E-state index contributed by atoms with van der Waals surface area (Å²) in [4.78, 5) is 69.9. The minimum Gasteiger partial charge on any atom is -0.480 e. The van der Waals surface area contributed by atoms with Crippen molar-refractivity contribution in [3.8, 4) is 0 Å². The molecule has 0 spiro atoms. The summed E-state index contributed by atoms with van der Waals surface area (Å²) in [7, 11) is 6.56. The van der Waals surface area contributed by atoms with Crippen LogP contribution in [0.4, 0.5) is 0 Å². The van der Waals surface area contributed by atoms with Gasteiger partial charge in [-0.25, -0.2) is 4.79 Å². The molecule has 1 aromatic rings. The van der Waals surface area contributed by atoms with Gasteiger partial charge < -0.3 is 30.1 Å². The first kappa shape index (κ1) is 43.8. The zero-order valence-electron chi connectivity index (χ0n) is 32.5. The molecule has 1 saturated heterocycles. The van der Waals surface area contributed by atoms with Gasteiger partial charge in [0, 0.05) is 33.2 Å². The summed E-state index contributed by atoms with van der Waals surface area (Å²) >= 11 is 0. The number of ether oxygens (including phenoxy) is 2. The fourth-order valence-electron chi connectivity index (χ4n) is 7.14. The number of methoxy groups -OCH3 is 2. The van der Waals surface area contributed by atoms with Crippen LogP contribution in [-0.2, 0) is 39.9 Å². The minimum absolute atomic E-state index is 0.0223. The average molecular weight is 718 g/mol. The maximum absolute atomic E-state index is 14.1. The van der Waals surface area contributed by atoms with E-state index in [4.69, 9.17) is 9.47 Å². The van der Waals surface area contributed by atoms with Crippen LogP contribution in [0.15, 0.2) is 30.3 Å². The van der Waals surface area contributed by atoms with Gasteiger partial charge in [0.25, 0.3) is 0 Å². The summed E-state index contributed by atoms with van der Waals surface area (Å²) in [6, 6.07) is 6.54. The summed E-state index contributed by atoms with van der Waals surface area (Å²) in [6.45, 7) is 13.5. The number of nitrogens with zero attached hydrogens (tertiary/aromatic N) is 2. The first-order valence-corrected chi connectivity index (χ1v) is 18.1. The number of carbonyl (C=O) groups is 5. The summed E-state index contributed by atoms with van der Waals surface area (Å²) in [5.74, 6) is -3.50. The second kappa shape index (κ2) is 20.0. The molecule has 0 aromatic heterocycles. The highest BCUT2D eigenvalue weighted by molar-refractivity contribution is 6.01. The number of carbonyl (C=O) groups excluding carboxylic acids is 4. The number of carboxylic acids is 1. The van der Waals surface area contributed by atoms with Crippen LogP contribution in [0.5, 0.6) is 0 Å². The van der Waals surface area contributed by atoms with Gasteiger partial charge in [0.1, 0.15) is 6.04 Å². The Morgan fingerprint density at radius 3 is 2.16 bits per heavy atom. The van der Waals surface area contributed by atoms with E-state index in [1.165, 1.54) is 7.11 Å². The first-order valence-electron chi connectivity index (χ1n) is 18.1. The number of hydrogen-bond acceptors (Lipinski definition) is 9. The van der Waals surface area contributed by atoms with Crippen molar-refractivity contribution in [2.75, 3.05) is 34.9 Å². The number of imide groups is 1. The highest BCUT2D eigenvalue weighted by atomic mass is 16.5. The molecule has 0 bridgehead atoms. The lowest BCUT2D eigenvalue weighted by molar-refractivity contribution is -0.146. The molecule has 8 atom stereocenters. The summed E-state index contributed by atoms with van der Waals surface area (Å²) < 4.78 is 11.9. The van der Waals surface area contributed by atoms with E-state index in [0.717, 1.165) is 18.4 Å². The largest absolute Gasteiger partial charge is 0.480 e. The van der Waals surface area contributed by atoms with Crippen molar-refractivity contribution < 1.29 is 38.6 Å². The Hall–Kier alpha value is -3.39. The van der Waals surface area contributed by atoms with Crippen LogP contribution in [-0.4, -0.2) is 121 Å². The molecule has 0 saturated carbocycles. The number of likely N-dealkylation sites (tertiary alicyclic amines) is 1. The van der Waals surface area contributed by atoms with E-state index in [1.54, 1.807) is 39.8 Å². The van der Waals surface area contributed by atoms with Gasteiger partial charge >= 0.3 is 5.97 Å². The van der Waals surface area contributed by atoms with Crippen LogP contribution in [0.3, 0.4) is 0 Å². The maximum atomic E-state index is 14.1. The lowest BCUT2D eigenvalue weighted by Gasteiger charge is -2.43. The maximum Gasteiger partial charge on any atom is 0.326 e. The number of rotatable bonds is 20. The van der Waals surface area contributed by atoms with Crippen molar-refractivity contribution in [3.05, 3.63) is 35.9 Å². The van der Waals surface area contributed by atoms with Gasteiger partial charge in [0.05, 0.1) is 42.2 Å². The second-order valence-corrected chi connectivity index (χ2v) is 14.8. The number of benzene rings is 1. The van der Waals surface area contributed by atoms with Crippen molar-refractivity contribution >= 4 is 29.6 Å². The molecule has 13 heteroatoms. The fraction of sp³-hybridized carbons (Fsp3) is 0.711. The van der Waals surface area contributed by atoms with E-state index in [2.05, 4.69) is 22.9 Å². The van der Waals surface area contributed by atoms with Crippen molar-refractivity contribution in [1.82, 2.24) is 25.8 Å². The van der Waals surface area contributed by atoms with Crippen molar-refractivity contribution in [2.24, 2.45) is 17.8 Å². The average Bonchev–Trinajstić information content (AvgIpc) is 3.57. The topological polar surface area (TPSA) is 167 Å². The van der Waals surface area contributed by atoms with Crippen molar-refractivity contribution in [3.63, 3.8) is 0 Å². The number of nitrogens with one attached hydrogen (secondary N) is 3. The standard InChI is InChI=1S/C38H63N5O8/c1-12-24(4)32(42(9)31(23(2)3)35(46)41-37(49)38(6,7)39-8)29(50-10)22-30(44)43-20-16-19-28(43)33(51-11)25(5)34(45)40-27(36(47)48)21-26-17-14-13-15-18-26/h13-15,17-18,23-25,27-29,31-33,39H,12,16,19-22H2,1-11H3,(H,40,45)(H,47,48)(H,41,46,49)/t24-,25+,27-,28-,29+,31-,32-,33+/m0/s1. The van der Waals surface area contributed by atoms with Gasteiger partial charge in [-0.2, -0.15) is 0 Å². The van der Waals surface area contributed by atoms with Crippen LogP contribution >= 0.6 is 0 Å². The third-order valence-corrected chi connectivity index (χ3v) is 10.6. The van der Waals surface area contributed by atoms with E-state index in [-0.39, 0.29) is 36.6 Å².